The van der Waals surface area contributed by atoms with Crippen LogP contribution in [0.15, 0.2) is 35.2 Å². The summed E-state index contributed by atoms with van der Waals surface area (Å²) in [5.41, 5.74) is 1.71. The van der Waals surface area contributed by atoms with E-state index < -0.39 is 22.0 Å². The molecule has 1 aromatic heterocycles. The van der Waals surface area contributed by atoms with Crippen molar-refractivity contribution in [3.8, 4) is 0 Å². The average Bonchev–Trinajstić information content (AvgIpc) is 2.93. The lowest BCUT2D eigenvalue weighted by atomic mass is 10.0. The van der Waals surface area contributed by atoms with Gasteiger partial charge >= 0.3 is 5.97 Å². The van der Waals surface area contributed by atoms with Crippen LogP contribution in [0.3, 0.4) is 0 Å². The first kappa shape index (κ1) is 23.8. The summed E-state index contributed by atoms with van der Waals surface area (Å²) >= 11 is 0. The number of rotatable bonds is 8. The van der Waals surface area contributed by atoms with E-state index in [9.17, 15) is 18.0 Å². The molecular formula is C22H30N2O5S. The second-order valence-electron chi connectivity index (χ2n) is 7.81. The van der Waals surface area contributed by atoms with Gasteiger partial charge < -0.3 is 9.30 Å². The fraction of sp³-hybridized carbons (Fsp3) is 0.455. The van der Waals surface area contributed by atoms with Crippen molar-refractivity contribution in [3.63, 3.8) is 0 Å². The minimum absolute atomic E-state index is 0.0161. The molecule has 0 saturated heterocycles. The number of aromatic nitrogens is 1. The Kier molecular flexibility index (Phi) is 7.26. The molecule has 0 N–H and O–H groups in total. The average molecular weight is 435 g/mol. The number of ether oxygens (including phenoxy) is 1. The van der Waals surface area contributed by atoms with E-state index in [1.54, 1.807) is 50.6 Å². The molecule has 0 radical (unpaired) electrons. The first-order valence-electron chi connectivity index (χ1n) is 9.80. The molecule has 0 amide bonds. The number of carbonyl (C=O) groups excluding carboxylic acids is 2. The molecule has 0 aliphatic rings. The van der Waals surface area contributed by atoms with Crippen molar-refractivity contribution in [1.29, 1.82) is 0 Å². The largest absolute Gasteiger partial charge is 0.464 e. The normalized spacial score (nSPS) is 13.0. The van der Waals surface area contributed by atoms with E-state index in [2.05, 4.69) is 0 Å². The third-order valence-electron chi connectivity index (χ3n) is 5.26. The van der Waals surface area contributed by atoms with Crippen molar-refractivity contribution in [2.75, 3.05) is 13.7 Å². The van der Waals surface area contributed by atoms with Crippen molar-refractivity contribution >= 4 is 21.8 Å². The molecule has 1 unspecified atom stereocenters. The summed E-state index contributed by atoms with van der Waals surface area (Å²) in [4.78, 5) is 25.8. The number of ketones is 1. The Balaban J connectivity index is 2.56. The number of esters is 1. The summed E-state index contributed by atoms with van der Waals surface area (Å²) in [6.45, 7) is 9.00. The van der Waals surface area contributed by atoms with Crippen LogP contribution in [0.4, 0.5) is 0 Å². The molecule has 0 spiro atoms. The molecule has 2 rings (SSSR count). The Labute approximate surface area is 178 Å². The van der Waals surface area contributed by atoms with Crippen LogP contribution in [0.2, 0.25) is 0 Å². The lowest BCUT2D eigenvalue weighted by molar-refractivity contribution is 0.0588. The van der Waals surface area contributed by atoms with Gasteiger partial charge in [-0.1, -0.05) is 32.0 Å². The van der Waals surface area contributed by atoms with Gasteiger partial charge in [0.15, 0.2) is 5.78 Å². The van der Waals surface area contributed by atoms with Crippen LogP contribution in [0.25, 0.3) is 0 Å². The monoisotopic (exact) mass is 434 g/mol. The lowest BCUT2D eigenvalue weighted by Crippen LogP contribution is -2.45. The first-order chi connectivity index (χ1) is 13.9. The summed E-state index contributed by atoms with van der Waals surface area (Å²) < 4.78 is 34.4. The predicted octanol–water partition coefficient (Wildman–Crippen LogP) is 3.35. The topological polar surface area (TPSA) is 85.7 Å². The van der Waals surface area contributed by atoms with Crippen molar-refractivity contribution in [1.82, 2.24) is 8.87 Å². The van der Waals surface area contributed by atoms with Crippen LogP contribution in [0.1, 0.15) is 52.9 Å². The van der Waals surface area contributed by atoms with Gasteiger partial charge in [-0.05, 0) is 44.4 Å². The van der Waals surface area contributed by atoms with E-state index >= 15 is 0 Å². The maximum atomic E-state index is 13.5. The molecule has 2 aromatic rings. The van der Waals surface area contributed by atoms with Gasteiger partial charge in [0.05, 0.1) is 18.0 Å². The molecule has 7 nitrogen and oxygen atoms in total. The van der Waals surface area contributed by atoms with Crippen LogP contribution in [-0.2, 0) is 21.8 Å². The smallest absolute Gasteiger partial charge is 0.354 e. The molecule has 1 aromatic carbocycles. The zero-order chi connectivity index (χ0) is 22.8. The molecule has 30 heavy (non-hydrogen) atoms. The van der Waals surface area contributed by atoms with Crippen molar-refractivity contribution in [2.45, 2.75) is 45.6 Å². The van der Waals surface area contributed by atoms with E-state index in [0.29, 0.717) is 16.8 Å². The number of benzene rings is 1. The molecule has 164 valence electrons. The summed E-state index contributed by atoms with van der Waals surface area (Å²) in [5, 5.41) is 0. The van der Waals surface area contributed by atoms with Gasteiger partial charge in [-0.2, -0.15) is 4.31 Å². The van der Waals surface area contributed by atoms with E-state index in [1.807, 2.05) is 13.8 Å². The molecule has 0 fully saturated rings. The van der Waals surface area contributed by atoms with Crippen LogP contribution < -0.4 is 0 Å². The van der Waals surface area contributed by atoms with Gasteiger partial charge in [0, 0.05) is 24.8 Å². The SMILES string of the molecule is COC(=O)c1c(C)c(C(=O)C(C)N(CC(C)C)S(=O)(=O)c2ccccc2)c(C)n1C. The predicted molar refractivity (Wildman–Crippen MR) is 115 cm³/mol. The summed E-state index contributed by atoms with van der Waals surface area (Å²) in [7, 11) is -0.918. The van der Waals surface area contributed by atoms with Crippen LogP contribution in [0.5, 0.6) is 0 Å². The number of sulfonamides is 1. The highest BCUT2D eigenvalue weighted by molar-refractivity contribution is 7.89. The number of hydrogen-bond donors (Lipinski definition) is 0. The lowest BCUT2D eigenvalue weighted by Gasteiger charge is -2.29. The fourth-order valence-corrected chi connectivity index (χ4v) is 5.40. The van der Waals surface area contributed by atoms with Gasteiger partial charge in [0.2, 0.25) is 10.0 Å². The first-order valence-corrected chi connectivity index (χ1v) is 11.2. The number of carbonyl (C=O) groups is 2. The zero-order valence-corrected chi connectivity index (χ0v) is 19.4. The molecule has 0 bridgehead atoms. The van der Waals surface area contributed by atoms with Gasteiger partial charge in [-0.25, -0.2) is 13.2 Å². The van der Waals surface area contributed by atoms with E-state index in [0.717, 1.165) is 0 Å². The Bertz CT molecular complexity index is 1040. The highest BCUT2D eigenvalue weighted by Crippen LogP contribution is 2.27. The van der Waals surface area contributed by atoms with Crippen molar-refractivity contribution in [2.24, 2.45) is 13.0 Å². The number of hydrogen-bond acceptors (Lipinski definition) is 5. The Hall–Kier alpha value is -2.45. The molecule has 0 aliphatic carbocycles. The van der Waals surface area contributed by atoms with E-state index in [-0.39, 0.29) is 28.8 Å². The zero-order valence-electron chi connectivity index (χ0n) is 18.6. The van der Waals surface area contributed by atoms with Crippen LogP contribution >= 0.6 is 0 Å². The van der Waals surface area contributed by atoms with E-state index in [1.165, 1.54) is 23.5 Å². The van der Waals surface area contributed by atoms with Gasteiger partial charge in [0.25, 0.3) is 0 Å². The summed E-state index contributed by atoms with van der Waals surface area (Å²) in [6.07, 6.45) is 0. The highest BCUT2D eigenvalue weighted by Gasteiger charge is 2.36. The quantitative estimate of drug-likeness (QED) is 0.470. The number of methoxy groups -OCH3 is 1. The van der Waals surface area contributed by atoms with Crippen molar-refractivity contribution < 1.29 is 22.7 Å². The minimum atomic E-state index is -3.88. The van der Waals surface area contributed by atoms with Gasteiger partial charge in [-0.15, -0.1) is 0 Å². The molecule has 0 aliphatic heterocycles. The second-order valence-corrected chi connectivity index (χ2v) is 9.70. The molecule has 0 saturated carbocycles. The maximum absolute atomic E-state index is 13.5. The second kappa shape index (κ2) is 9.14. The van der Waals surface area contributed by atoms with Gasteiger partial charge in [-0.3, -0.25) is 4.79 Å². The Morgan fingerprint density at radius 2 is 1.67 bits per heavy atom. The maximum Gasteiger partial charge on any atom is 0.354 e. The summed E-state index contributed by atoms with van der Waals surface area (Å²) in [6, 6.07) is 7.15. The standard InChI is InChI=1S/C22H30N2O5S/c1-14(2)13-24(30(27,28)18-11-9-8-10-12-18)17(5)21(25)19-15(3)20(22(26)29-7)23(6)16(19)4/h8-12,14,17H,13H2,1-7H3. The molecule has 8 heteroatoms. The van der Waals surface area contributed by atoms with Crippen molar-refractivity contribution in [3.05, 3.63) is 52.8 Å². The molecular weight excluding hydrogens is 404 g/mol. The minimum Gasteiger partial charge on any atom is -0.464 e. The fourth-order valence-electron chi connectivity index (χ4n) is 3.62. The molecule has 1 atom stereocenters. The Morgan fingerprint density at radius 1 is 1.10 bits per heavy atom. The summed E-state index contributed by atoms with van der Waals surface area (Å²) in [5.74, 6) is -0.876. The molecule has 1 heterocycles. The van der Waals surface area contributed by atoms with Crippen LogP contribution in [0, 0.1) is 19.8 Å². The highest BCUT2D eigenvalue weighted by atomic mass is 32.2. The van der Waals surface area contributed by atoms with Crippen LogP contribution in [-0.4, -0.2) is 48.7 Å². The number of nitrogens with zero attached hydrogens (tertiary/aromatic N) is 2. The number of Topliss-reactive ketones (excluding diaryl/α,β-unsaturated/α-hetero) is 1. The van der Waals surface area contributed by atoms with E-state index in [4.69, 9.17) is 4.74 Å². The Morgan fingerprint density at radius 3 is 2.17 bits per heavy atom. The van der Waals surface area contributed by atoms with Gasteiger partial charge in [0.1, 0.15) is 5.69 Å². The third kappa shape index (κ3) is 4.34. The third-order valence-corrected chi connectivity index (χ3v) is 7.21.